The fourth-order valence-electron chi connectivity index (χ4n) is 2.31. The van der Waals surface area contributed by atoms with Gasteiger partial charge in [-0.05, 0) is 31.1 Å². The molecule has 0 radical (unpaired) electrons. The third kappa shape index (κ3) is 2.02. The molecule has 0 amide bonds. The summed E-state index contributed by atoms with van der Waals surface area (Å²) >= 11 is 0. The molecule has 0 aromatic rings. The van der Waals surface area contributed by atoms with Crippen LogP contribution in [0.4, 0.5) is 0 Å². The van der Waals surface area contributed by atoms with Crippen LogP contribution >= 0.6 is 0 Å². The zero-order chi connectivity index (χ0) is 10.1. The first-order valence-electron chi connectivity index (χ1n) is 4.93. The van der Waals surface area contributed by atoms with Crippen molar-refractivity contribution in [2.24, 2.45) is 23.0 Å². The zero-order valence-electron chi connectivity index (χ0n) is 8.42. The Morgan fingerprint density at radius 3 is 2.46 bits per heavy atom. The molecule has 1 rings (SSSR count). The van der Waals surface area contributed by atoms with Crippen LogP contribution in [0.25, 0.3) is 0 Å². The number of hydrogen-bond donors (Lipinski definition) is 2. The van der Waals surface area contributed by atoms with Gasteiger partial charge in [0, 0.05) is 6.54 Å². The molecule has 3 heteroatoms. The SMILES string of the molecule is CC(C)CC1CC(CN)(C(=O)O)C1. The van der Waals surface area contributed by atoms with Gasteiger partial charge in [-0.3, -0.25) is 4.79 Å². The predicted molar refractivity (Wildman–Crippen MR) is 51.3 cm³/mol. The van der Waals surface area contributed by atoms with Crippen molar-refractivity contribution in [3.8, 4) is 0 Å². The van der Waals surface area contributed by atoms with Gasteiger partial charge in [0.15, 0.2) is 0 Å². The van der Waals surface area contributed by atoms with Crippen molar-refractivity contribution >= 4 is 5.97 Å². The highest BCUT2D eigenvalue weighted by molar-refractivity contribution is 5.76. The van der Waals surface area contributed by atoms with Crippen LogP contribution in [-0.2, 0) is 4.79 Å². The van der Waals surface area contributed by atoms with E-state index in [0.717, 1.165) is 19.3 Å². The molecule has 13 heavy (non-hydrogen) atoms. The van der Waals surface area contributed by atoms with Crippen LogP contribution in [0.3, 0.4) is 0 Å². The van der Waals surface area contributed by atoms with Crippen molar-refractivity contribution in [1.29, 1.82) is 0 Å². The van der Waals surface area contributed by atoms with Crippen LogP contribution in [0.2, 0.25) is 0 Å². The molecule has 0 heterocycles. The molecule has 1 fully saturated rings. The van der Waals surface area contributed by atoms with E-state index in [9.17, 15) is 4.79 Å². The molecule has 0 aliphatic heterocycles. The van der Waals surface area contributed by atoms with E-state index in [-0.39, 0.29) is 6.54 Å². The number of carboxylic acids is 1. The largest absolute Gasteiger partial charge is 0.481 e. The molecule has 0 aromatic heterocycles. The van der Waals surface area contributed by atoms with Gasteiger partial charge in [0.2, 0.25) is 0 Å². The molecule has 0 atom stereocenters. The molecular formula is C10H19NO2. The minimum absolute atomic E-state index is 0.289. The lowest BCUT2D eigenvalue weighted by Gasteiger charge is -2.44. The third-order valence-corrected chi connectivity index (χ3v) is 3.01. The predicted octanol–water partition coefficient (Wildman–Crippen LogP) is 1.47. The van der Waals surface area contributed by atoms with Gasteiger partial charge in [-0.1, -0.05) is 13.8 Å². The van der Waals surface area contributed by atoms with E-state index in [4.69, 9.17) is 10.8 Å². The van der Waals surface area contributed by atoms with Crippen LogP contribution < -0.4 is 5.73 Å². The molecule has 1 aliphatic rings. The van der Waals surface area contributed by atoms with Gasteiger partial charge in [-0.15, -0.1) is 0 Å². The van der Waals surface area contributed by atoms with Crippen molar-refractivity contribution in [3.63, 3.8) is 0 Å². The lowest BCUT2D eigenvalue weighted by molar-refractivity contribution is -0.157. The van der Waals surface area contributed by atoms with Crippen molar-refractivity contribution in [3.05, 3.63) is 0 Å². The Balaban J connectivity index is 2.41. The summed E-state index contributed by atoms with van der Waals surface area (Å²) in [5.74, 6) is 0.532. The van der Waals surface area contributed by atoms with Gasteiger partial charge in [0.05, 0.1) is 5.41 Å². The Kier molecular flexibility index (Phi) is 2.96. The van der Waals surface area contributed by atoms with Gasteiger partial charge in [-0.25, -0.2) is 0 Å². The van der Waals surface area contributed by atoms with Crippen LogP contribution in [-0.4, -0.2) is 17.6 Å². The van der Waals surface area contributed by atoms with E-state index in [0.29, 0.717) is 11.8 Å². The summed E-state index contributed by atoms with van der Waals surface area (Å²) < 4.78 is 0. The van der Waals surface area contributed by atoms with Gasteiger partial charge < -0.3 is 10.8 Å². The van der Waals surface area contributed by atoms with E-state index in [1.807, 2.05) is 0 Å². The quantitative estimate of drug-likeness (QED) is 0.697. The average Bonchev–Trinajstić information content (AvgIpc) is 1.94. The number of nitrogens with two attached hydrogens (primary N) is 1. The topological polar surface area (TPSA) is 63.3 Å². The maximum absolute atomic E-state index is 10.9. The Morgan fingerprint density at radius 2 is 2.15 bits per heavy atom. The Labute approximate surface area is 79.3 Å². The summed E-state index contributed by atoms with van der Waals surface area (Å²) in [5, 5.41) is 8.96. The lowest BCUT2D eigenvalue weighted by Crippen LogP contribution is -2.49. The minimum atomic E-state index is -0.713. The Bertz CT molecular complexity index is 195. The first-order valence-corrected chi connectivity index (χ1v) is 4.93. The number of aliphatic carboxylic acids is 1. The van der Waals surface area contributed by atoms with E-state index >= 15 is 0 Å². The number of hydrogen-bond acceptors (Lipinski definition) is 2. The van der Waals surface area contributed by atoms with E-state index in [1.54, 1.807) is 0 Å². The third-order valence-electron chi connectivity index (χ3n) is 3.01. The van der Waals surface area contributed by atoms with Crippen molar-refractivity contribution in [2.75, 3.05) is 6.54 Å². The standard InChI is InChI=1S/C10H19NO2/c1-7(2)3-8-4-10(5-8,6-11)9(12)13/h7-8H,3-6,11H2,1-2H3,(H,12,13). The number of rotatable bonds is 4. The second kappa shape index (κ2) is 3.66. The summed E-state index contributed by atoms with van der Waals surface area (Å²) in [5.41, 5.74) is 4.90. The summed E-state index contributed by atoms with van der Waals surface area (Å²) in [4.78, 5) is 10.9. The Morgan fingerprint density at radius 1 is 1.62 bits per heavy atom. The Hall–Kier alpha value is -0.570. The van der Waals surface area contributed by atoms with Gasteiger partial charge >= 0.3 is 5.97 Å². The first kappa shape index (κ1) is 10.5. The van der Waals surface area contributed by atoms with Crippen LogP contribution in [0.15, 0.2) is 0 Å². The molecule has 1 saturated carbocycles. The molecule has 1 aliphatic carbocycles. The highest BCUT2D eigenvalue weighted by Gasteiger charge is 2.48. The normalized spacial score (nSPS) is 33.1. The number of carbonyl (C=O) groups is 1. The fourth-order valence-corrected chi connectivity index (χ4v) is 2.31. The highest BCUT2D eigenvalue weighted by atomic mass is 16.4. The number of carboxylic acid groups (broad SMARTS) is 1. The molecule has 0 spiro atoms. The van der Waals surface area contributed by atoms with Crippen molar-refractivity contribution in [2.45, 2.75) is 33.1 Å². The minimum Gasteiger partial charge on any atom is -0.481 e. The summed E-state index contributed by atoms with van der Waals surface area (Å²) in [6.45, 7) is 4.63. The van der Waals surface area contributed by atoms with E-state index in [2.05, 4.69) is 13.8 Å². The lowest BCUT2D eigenvalue weighted by atomic mass is 9.60. The van der Waals surface area contributed by atoms with Crippen molar-refractivity contribution < 1.29 is 9.90 Å². The second-order valence-electron chi connectivity index (χ2n) is 4.69. The molecule has 0 aromatic carbocycles. The maximum Gasteiger partial charge on any atom is 0.310 e. The molecule has 3 nitrogen and oxygen atoms in total. The van der Waals surface area contributed by atoms with Gasteiger partial charge in [0.25, 0.3) is 0 Å². The van der Waals surface area contributed by atoms with Crippen LogP contribution in [0.5, 0.6) is 0 Å². The smallest absolute Gasteiger partial charge is 0.310 e. The highest BCUT2D eigenvalue weighted by Crippen LogP contribution is 2.47. The fraction of sp³-hybridized carbons (Fsp3) is 0.900. The first-order chi connectivity index (χ1) is 6.00. The average molecular weight is 185 g/mol. The molecule has 76 valence electrons. The molecular weight excluding hydrogens is 166 g/mol. The second-order valence-corrected chi connectivity index (χ2v) is 4.69. The maximum atomic E-state index is 10.9. The molecule has 0 bridgehead atoms. The molecule has 0 saturated heterocycles. The van der Waals surface area contributed by atoms with Crippen molar-refractivity contribution in [1.82, 2.24) is 0 Å². The van der Waals surface area contributed by atoms with Gasteiger partial charge in [-0.2, -0.15) is 0 Å². The summed E-state index contributed by atoms with van der Waals surface area (Å²) in [6, 6.07) is 0. The van der Waals surface area contributed by atoms with Gasteiger partial charge in [0.1, 0.15) is 0 Å². The monoisotopic (exact) mass is 185 g/mol. The molecule has 0 unspecified atom stereocenters. The zero-order valence-corrected chi connectivity index (χ0v) is 8.42. The molecule has 3 N–H and O–H groups in total. The van der Waals surface area contributed by atoms with E-state index in [1.165, 1.54) is 0 Å². The van der Waals surface area contributed by atoms with Crippen LogP contribution in [0, 0.1) is 17.3 Å². The van der Waals surface area contributed by atoms with Crippen LogP contribution in [0.1, 0.15) is 33.1 Å². The summed E-state index contributed by atoms with van der Waals surface area (Å²) in [7, 11) is 0. The van der Waals surface area contributed by atoms with E-state index < -0.39 is 11.4 Å². The summed E-state index contributed by atoms with van der Waals surface area (Å²) in [6.07, 6.45) is 2.68.